The van der Waals surface area contributed by atoms with Crippen LogP contribution in [0.1, 0.15) is 23.1 Å². The van der Waals surface area contributed by atoms with E-state index in [4.69, 9.17) is 14.3 Å². The third kappa shape index (κ3) is 11.4. The number of nitriles is 1. The van der Waals surface area contributed by atoms with Gasteiger partial charge < -0.3 is 14.9 Å². The average Bonchev–Trinajstić information content (AvgIpc) is 3.94. The molecule has 0 bridgehead atoms. The zero-order valence-electron chi connectivity index (χ0n) is 37.6. The molecule has 0 atom stereocenters. The van der Waals surface area contributed by atoms with Gasteiger partial charge in [0.2, 0.25) is 11.0 Å². The third-order valence-corrected chi connectivity index (χ3v) is 15.0. The molecular formula is C41H32N10O17S6. The molecular weight excluding hydrogens is 1100 g/mol. The molecule has 0 saturated heterocycles. The zero-order valence-corrected chi connectivity index (χ0v) is 42.5. The Morgan fingerprint density at radius 2 is 1.51 bits per heavy atom. The van der Waals surface area contributed by atoms with E-state index in [0.717, 1.165) is 29.5 Å². The first-order valence-corrected chi connectivity index (χ1v) is 27.1. The Hall–Kier alpha value is -6.88. The van der Waals surface area contributed by atoms with E-state index in [-0.39, 0.29) is 101 Å². The highest BCUT2D eigenvalue weighted by molar-refractivity contribution is 7.95. The van der Waals surface area contributed by atoms with Crippen LogP contribution in [-0.4, -0.2) is 88.2 Å². The molecule has 0 radical (unpaired) electrons. The van der Waals surface area contributed by atoms with Crippen molar-refractivity contribution in [1.29, 1.82) is 5.26 Å². The molecule has 0 amide bonds. The van der Waals surface area contributed by atoms with Gasteiger partial charge in [-0.15, -0.1) is 35.0 Å². The number of benzene rings is 5. The molecule has 8 aromatic rings. The highest BCUT2D eigenvalue weighted by Crippen LogP contribution is 2.48. The van der Waals surface area contributed by atoms with Gasteiger partial charge in [0.05, 0.1) is 69.9 Å². The molecule has 3 heterocycles. The van der Waals surface area contributed by atoms with Crippen molar-refractivity contribution in [2.75, 3.05) is 19.5 Å². The molecule has 0 aliphatic rings. The van der Waals surface area contributed by atoms with Crippen LogP contribution in [0.2, 0.25) is 0 Å². The lowest BCUT2D eigenvalue weighted by Crippen LogP contribution is -2.08. The molecule has 0 saturated carbocycles. The number of ether oxygens (including phenoxy) is 1. The number of hydrogen-bond acceptors (Lipinski definition) is 26. The topological polar surface area (TPSA) is 398 Å². The van der Waals surface area contributed by atoms with Crippen molar-refractivity contribution in [2.24, 2.45) is 30.7 Å². The summed E-state index contributed by atoms with van der Waals surface area (Å²) >= 11 is 1.86. The summed E-state index contributed by atoms with van der Waals surface area (Å²) in [6, 6.07) is 17.2. The maximum absolute atomic E-state index is 12.8. The van der Waals surface area contributed by atoms with Gasteiger partial charge in [0, 0.05) is 21.9 Å². The Balaban J connectivity index is 1.21. The lowest BCUT2D eigenvalue weighted by atomic mass is 10.1. The molecule has 0 aliphatic carbocycles. The Kier molecular flexibility index (Phi) is 15.5. The van der Waals surface area contributed by atoms with E-state index in [1.165, 1.54) is 42.7 Å². The highest BCUT2D eigenvalue weighted by atomic mass is 32.2. The van der Waals surface area contributed by atoms with Crippen LogP contribution < -0.4 is 4.74 Å². The van der Waals surface area contributed by atoms with Crippen molar-refractivity contribution in [2.45, 2.75) is 39.9 Å². The molecule has 74 heavy (non-hydrogen) atoms. The van der Waals surface area contributed by atoms with Crippen LogP contribution in [0.25, 0.3) is 37.7 Å². The molecule has 8 rings (SSSR count). The van der Waals surface area contributed by atoms with Crippen LogP contribution in [0, 0.1) is 25.2 Å². The number of phenols is 1. The van der Waals surface area contributed by atoms with Crippen LogP contribution in [-0.2, 0) is 48.9 Å². The summed E-state index contributed by atoms with van der Waals surface area (Å²) in [5.74, 6) is -2.01. The van der Waals surface area contributed by atoms with Crippen molar-refractivity contribution >= 4 is 137 Å². The quantitative estimate of drug-likeness (QED) is 0.0109. The normalized spacial score (nSPS) is 12.7. The lowest BCUT2D eigenvalue weighted by Gasteiger charge is -2.13. The second-order valence-electron chi connectivity index (χ2n) is 15.1. The number of pyridine rings is 1. The summed E-state index contributed by atoms with van der Waals surface area (Å²) in [7, 11) is -13.0. The molecule has 0 unspecified atom stereocenters. The van der Waals surface area contributed by atoms with E-state index in [1.54, 1.807) is 31.2 Å². The van der Waals surface area contributed by atoms with Crippen LogP contribution in [0.4, 0.5) is 33.6 Å². The number of thiazole rings is 1. The van der Waals surface area contributed by atoms with Gasteiger partial charge in [0.1, 0.15) is 49.8 Å². The van der Waals surface area contributed by atoms with Crippen molar-refractivity contribution in [3.8, 4) is 23.4 Å². The van der Waals surface area contributed by atoms with Gasteiger partial charge in [-0.1, -0.05) is 28.5 Å². The minimum atomic E-state index is -5.11. The number of aryl methyl sites for hydroxylation is 1. The lowest BCUT2D eigenvalue weighted by molar-refractivity contribution is -0.432. The van der Waals surface area contributed by atoms with E-state index >= 15 is 0 Å². The van der Waals surface area contributed by atoms with Gasteiger partial charge in [-0.25, -0.2) is 20.1 Å². The first-order valence-electron chi connectivity index (χ1n) is 20.4. The van der Waals surface area contributed by atoms with Crippen LogP contribution in [0.5, 0.6) is 17.4 Å². The Bertz CT molecular complexity index is 4070. The zero-order chi connectivity index (χ0) is 53.3. The highest BCUT2D eigenvalue weighted by Gasteiger charge is 2.25. The van der Waals surface area contributed by atoms with E-state index < -0.39 is 68.9 Å². The fourth-order valence-corrected chi connectivity index (χ4v) is 10.9. The maximum atomic E-state index is 12.8. The van der Waals surface area contributed by atoms with Crippen molar-refractivity contribution < 1.29 is 77.7 Å². The number of imidazole rings is 1. The van der Waals surface area contributed by atoms with E-state index in [0.29, 0.717) is 28.6 Å². The van der Waals surface area contributed by atoms with Gasteiger partial charge in [-0.3, -0.25) is 18.1 Å². The number of aromatic nitrogens is 3. The van der Waals surface area contributed by atoms with Gasteiger partial charge in [0.15, 0.2) is 17.1 Å². The second kappa shape index (κ2) is 21.5. The summed E-state index contributed by atoms with van der Waals surface area (Å²) in [6.07, 6.45) is -0.207. The van der Waals surface area contributed by atoms with Gasteiger partial charge in [0.25, 0.3) is 30.4 Å². The monoisotopic (exact) mass is 1130 g/mol. The number of hydrogen-bond donors (Lipinski definition) is 6. The summed E-state index contributed by atoms with van der Waals surface area (Å²) in [5.41, 5.74) is 0.148. The molecule has 0 aliphatic heterocycles. The largest absolute Gasteiger partial charge is 0.505 e. The predicted molar refractivity (Wildman–Crippen MR) is 264 cm³/mol. The first kappa shape index (κ1) is 53.4. The molecule has 5 aromatic carbocycles. The molecule has 0 fully saturated rings. The van der Waals surface area contributed by atoms with Crippen LogP contribution in [0.15, 0.2) is 117 Å². The number of fused-ring (bicyclic) bond motifs is 5. The third-order valence-electron chi connectivity index (χ3n) is 10.4. The van der Waals surface area contributed by atoms with Crippen molar-refractivity contribution in [3.63, 3.8) is 0 Å². The smallest absolute Gasteiger partial charge is 0.296 e. The van der Waals surface area contributed by atoms with Crippen molar-refractivity contribution in [3.05, 3.63) is 83.4 Å². The first-order chi connectivity index (χ1) is 35.1. The van der Waals surface area contributed by atoms with Crippen molar-refractivity contribution in [1.82, 2.24) is 14.4 Å². The summed E-state index contributed by atoms with van der Waals surface area (Å²) in [4.78, 5) is 12.0. The molecule has 27 nitrogen and oxygen atoms in total. The van der Waals surface area contributed by atoms with E-state index in [1.807, 2.05) is 6.07 Å². The number of aromatic hydroxyl groups is 2. The average molecular weight is 1130 g/mol. The fourth-order valence-electron chi connectivity index (χ4n) is 7.10. The number of para-hydroxylation sites is 2. The minimum absolute atomic E-state index is 0.0153. The molecule has 33 heteroatoms. The van der Waals surface area contributed by atoms with E-state index in [2.05, 4.69) is 54.9 Å². The molecule has 6 N–H and O–H groups in total. The fraction of sp³-hybridized carbons (Fsp3) is 0.146. The Morgan fingerprint density at radius 3 is 2.22 bits per heavy atom. The Labute approximate surface area is 428 Å². The summed E-state index contributed by atoms with van der Waals surface area (Å²) < 4.78 is 120. The van der Waals surface area contributed by atoms with E-state index in [9.17, 15) is 54.4 Å². The number of rotatable bonds is 19. The minimum Gasteiger partial charge on any atom is -0.505 e. The number of phenolic OH excluding ortho intramolecular Hbond substituents is 1. The predicted octanol–water partition coefficient (Wildman–Crippen LogP) is 10.6. The molecule has 384 valence electrons. The summed E-state index contributed by atoms with van der Waals surface area (Å²) in [5, 5.41) is 70.9. The van der Waals surface area contributed by atoms with Gasteiger partial charge in [-0.05, 0) is 79.7 Å². The standard InChI is InChI=1S/C41H32N10O17S6/c1-19-11-27(30(65-9-6-10-72(55,56)57)17-26(19)45-50-41-44-36-31(69-41)14-22(70-67-64-3)15-34(36)74(61,62)63)46-49-37-32(71-68-66-54)12-21-13-33(73(58,59)60)28(16-23(21)38(37)52)47-48-35-20(2)24(18-42)39-43-25-7-4-5-8-29(25)51(39)40(35)53/h4-5,7-8,11-17,52-54H,6,9-10H2,1-3H3,(H,55,56,57)(H,58,59,60)(H,61,62,63). The number of azo groups is 3. The number of nitrogens with zero attached hydrogens (tertiary/aromatic N) is 10. The van der Waals surface area contributed by atoms with Gasteiger partial charge >= 0.3 is 0 Å². The van der Waals surface area contributed by atoms with Gasteiger partial charge in [-0.2, -0.15) is 34.8 Å². The SMILES string of the molecule is COOSc1cc(S(=O)(=O)O)c2nc(N=Nc3cc(OCCCS(=O)(=O)O)c(N=Nc4c(SOOO)cc5cc(S(=O)(=O)O)c(N=Nc6c(C)c(C#N)c7nc8ccccc8n7c6O)cc5c4O)cc3C)sc2c1. The van der Waals surface area contributed by atoms with Crippen LogP contribution >= 0.6 is 35.4 Å². The molecule has 0 spiro atoms. The maximum Gasteiger partial charge on any atom is 0.296 e. The van der Waals surface area contributed by atoms with Crippen LogP contribution in [0.3, 0.4) is 0 Å². The summed E-state index contributed by atoms with van der Waals surface area (Å²) in [6.45, 7) is 2.72. The second-order valence-corrected chi connectivity index (χ2v) is 22.0. The Morgan fingerprint density at radius 1 is 0.797 bits per heavy atom. The molecule has 3 aromatic heterocycles.